The van der Waals surface area contributed by atoms with Crippen molar-refractivity contribution in [2.75, 3.05) is 6.26 Å². The van der Waals surface area contributed by atoms with Crippen molar-refractivity contribution in [2.24, 2.45) is 0 Å². The van der Waals surface area contributed by atoms with E-state index in [2.05, 4.69) is 32.0 Å². The van der Waals surface area contributed by atoms with Crippen molar-refractivity contribution in [1.82, 2.24) is 0 Å². The van der Waals surface area contributed by atoms with Crippen LogP contribution in [0.5, 0.6) is 0 Å². The first-order valence-corrected chi connectivity index (χ1v) is 8.21. The van der Waals surface area contributed by atoms with Gasteiger partial charge in [-0.05, 0) is 47.7 Å². The van der Waals surface area contributed by atoms with Crippen molar-refractivity contribution in [3.63, 3.8) is 0 Å². The highest BCUT2D eigenvalue weighted by atomic mass is 32.2. The van der Waals surface area contributed by atoms with Gasteiger partial charge in [0, 0.05) is 6.26 Å². The van der Waals surface area contributed by atoms with Crippen LogP contribution >= 0.6 is 0 Å². The van der Waals surface area contributed by atoms with E-state index >= 15 is 0 Å². The fraction of sp³-hybridized carbons (Fsp3) is 0.250. The quantitative estimate of drug-likeness (QED) is 0.856. The summed E-state index contributed by atoms with van der Waals surface area (Å²) in [6.45, 7) is 4.25. The monoisotopic (exact) mass is 274 g/mol. The molecule has 0 N–H and O–H groups in total. The summed E-state index contributed by atoms with van der Waals surface area (Å²) in [6, 6.07) is 13.4. The van der Waals surface area contributed by atoms with Crippen LogP contribution in [0.15, 0.2) is 47.4 Å². The molecule has 2 nitrogen and oxygen atoms in total. The molecule has 0 aliphatic heterocycles. The lowest BCUT2D eigenvalue weighted by Crippen LogP contribution is -1.96. The van der Waals surface area contributed by atoms with Crippen LogP contribution in [-0.4, -0.2) is 14.7 Å². The fourth-order valence-electron chi connectivity index (χ4n) is 2.17. The van der Waals surface area contributed by atoms with E-state index in [4.69, 9.17) is 0 Å². The standard InChI is InChI=1S/C16H18O2S/c1-4-13-5-6-15(11-12(13)2)14-7-9-16(10-8-14)19(3,17)18/h5-11H,4H2,1-3H3. The highest BCUT2D eigenvalue weighted by molar-refractivity contribution is 7.90. The Hall–Kier alpha value is -1.61. The molecule has 0 saturated heterocycles. The molecule has 0 aliphatic carbocycles. The Balaban J connectivity index is 2.40. The maximum absolute atomic E-state index is 11.4. The minimum atomic E-state index is -3.12. The van der Waals surface area contributed by atoms with Crippen LogP contribution in [0, 0.1) is 6.92 Å². The molecule has 0 spiro atoms. The summed E-state index contributed by atoms with van der Waals surface area (Å²) in [5.41, 5.74) is 4.77. The lowest BCUT2D eigenvalue weighted by Gasteiger charge is -2.08. The zero-order valence-electron chi connectivity index (χ0n) is 11.5. The van der Waals surface area contributed by atoms with Crippen molar-refractivity contribution in [2.45, 2.75) is 25.2 Å². The third-order valence-electron chi connectivity index (χ3n) is 3.34. The third-order valence-corrected chi connectivity index (χ3v) is 4.47. The predicted octanol–water partition coefficient (Wildman–Crippen LogP) is 3.63. The Labute approximate surface area is 115 Å². The van der Waals surface area contributed by atoms with E-state index in [0.29, 0.717) is 4.90 Å². The number of benzene rings is 2. The maximum Gasteiger partial charge on any atom is 0.175 e. The molecule has 2 aromatic carbocycles. The highest BCUT2D eigenvalue weighted by Crippen LogP contribution is 2.24. The Morgan fingerprint density at radius 2 is 1.53 bits per heavy atom. The predicted molar refractivity (Wildman–Crippen MR) is 79.1 cm³/mol. The summed E-state index contributed by atoms with van der Waals surface area (Å²) in [4.78, 5) is 0.359. The Morgan fingerprint density at radius 3 is 2.00 bits per heavy atom. The number of hydrogen-bond acceptors (Lipinski definition) is 2. The van der Waals surface area contributed by atoms with Crippen LogP contribution in [0.1, 0.15) is 18.1 Å². The second kappa shape index (κ2) is 5.17. The van der Waals surface area contributed by atoms with Crippen molar-refractivity contribution in [1.29, 1.82) is 0 Å². The summed E-state index contributed by atoms with van der Waals surface area (Å²) >= 11 is 0. The van der Waals surface area contributed by atoms with Gasteiger partial charge in [0.15, 0.2) is 9.84 Å². The molecule has 0 heterocycles. The van der Waals surface area contributed by atoms with Crippen LogP contribution in [0.3, 0.4) is 0 Å². The average Bonchev–Trinajstić information content (AvgIpc) is 2.38. The van der Waals surface area contributed by atoms with Crippen LogP contribution in [-0.2, 0) is 16.3 Å². The van der Waals surface area contributed by atoms with Crippen molar-refractivity contribution < 1.29 is 8.42 Å². The molecule has 0 unspecified atom stereocenters. The Bertz CT molecular complexity index is 683. The first-order chi connectivity index (χ1) is 8.91. The zero-order valence-corrected chi connectivity index (χ0v) is 12.3. The van der Waals surface area contributed by atoms with Gasteiger partial charge in [-0.1, -0.05) is 37.3 Å². The van der Waals surface area contributed by atoms with Crippen molar-refractivity contribution in [3.05, 3.63) is 53.6 Å². The molecule has 0 saturated carbocycles. The molecule has 0 aliphatic rings. The van der Waals surface area contributed by atoms with Gasteiger partial charge >= 0.3 is 0 Å². The highest BCUT2D eigenvalue weighted by Gasteiger charge is 2.07. The molecular formula is C16H18O2S. The molecule has 2 rings (SSSR count). The molecule has 19 heavy (non-hydrogen) atoms. The first kappa shape index (κ1) is 13.8. The van der Waals surface area contributed by atoms with Gasteiger partial charge in [-0.2, -0.15) is 0 Å². The van der Waals surface area contributed by atoms with E-state index < -0.39 is 9.84 Å². The third kappa shape index (κ3) is 3.04. The fourth-order valence-corrected chi connectivity index (χ4v) is 2.80. The molecular weight excluding hydrogens is 256 g/mol. The maximum atomic E-state index is 11.4. The topological polar surface area (TPSA) is 34.1 Å². The van der Waals surface area contributed by atoms with E-state index in [9.17, 15) is 8.42 Å². The largest absolute Gasteiger partial charge is 0.224 e. The molecule has 0 bridgehead atoms. The zero-order chi connectivity index (χ0) is 14.0. The summed E-state index contributed by atoms with van der Waals surface area (Å²) in [5, 5.41) is 0. The summed E-state index contributed by atoms with van der Waals surface area (Å²) < 4.78 is 22.8. The lowest BCUT2D eigenvalue weighted by molar-refractivity contribution is 0.602. The molecule has 3 heteroatoms. The number of hydrogen-bond donors (Lipinski definition) is 0. The molecule has 0 atom stereocenters. The first-order valence-electron chi connectivity index (χ1n) is 6.32. The molecule has 100 valence electrons. The van der Waals surface area contributed by atoms with E-state index in [-0.39, 0.29) is 0 Å². The van der Waals surface area contributed by atoms with Gasteiger partial charge in [0.25, 0.3) is 0 Å². The van der Waals surface area contributed by atoms with Crippen LogP contribution in [0.2, 0.25) is 0 Å². The number of sulfone groups is 1. The second-order valence-electron chi connectivity index (χ2n) is 4.79. The van der Waals surface area contributed by atoms with Crippen molar-refractivity contribution >= 4 is 9.84 Å². The van der Waals surface area contributed by atoms with Gasteiger partial charge in [0.2, 0.25) is 0 Å². The van der Waals surface area contributed by atoms with Gasteiger partial charge < -0.3 is 0 Å². The minimum Gasteiger partial charge on any atom is -0.224 e. The van der Waals surface area contributed by atoms with Gasteiger partial charge in [0.05, 0.1) is 4.90 Å². The number of rotatable bonds is 3. The smallest absolute Gasteiger partial charge is 0.175 e. The molecule has 0 aromatic heterocycles. The summed E-state index contributed by atoms with van der Waals surface area (Å²) in [6.07, 6.45) is 2.25. The molecule has 2 aromatic rings. The van der Waals surface area contributed by atoms with Crippen LogP contribution in [0.25, 0.3) is 11.1 Å². The van der Waals surface area contributed by atoms with Gasteiger partial charge in [-0.15, -0.1) is 0 Å². The molecule has 0 fully saturated rings. The summed E-state index contributed by atoms with van der Waals surface area (Å²) in [5.74, 6) is 0. The minimum absolute atomic E-state index is 0.359. The lowest BCUT2D eigenvalue weighted by atomic mass is 9.99. The van der Waals surface area contributed by atoms with E-state index in [1.165, 1.54) is 17.4 Å². The SMILES string of the molecule is CCc1ccc(-c2ccc(S(C)(=O)=O)cc2)cc1C. The summed E-state index contributed by atoms with van der Waals surface area (Å²) in [7, 11) is -3.12. The Kier molecular flexibility index (Phi) is 3.76. The van der Waals surface area contributed by atoms with E-state index in [1.54, 1.807) is 12.1 Å². The van der Waals surface area contributed by atoms with Gasteiger partial charge in [-0.25, -0.2) is 8.42 Å². The molecule has 0 amide bonds. The Morgan fingerprint density at radius 1 is 0.947 bits per heavy atom. The van der Waals surface area contributed by atoms with Gasteiger partial charge in [0.1, 0.15) is 0 Å². The van der Waals surface area contributed by atoms with Crippen molar-refractivity contribution in [3.8, 4) is 11.1 Å². The average molecular weight is 274 g/mol. The number of aryl methyl sites for hydroxylation is 2. The van der Waals surface area contributed by atoms with Gasteiger partial charge in [-0.3, -0.25) is 0 Å². The van der Waals surface area contributed by atoms with Crippen LogP contribution in [0.4, 0.5) is 0 Å². The van der Waals surface area contributed by atoms with E-state index in [0.717, 1.165) is 17.5 Å². The molecule has 0 radical (unpaired) electrons. The normalized spacial score (nSPS) is 11.5. The van der Waals surface area contributed by atoms with E-state index in [1.807, 2.05) is 12.1 Å². The second-order valence-corrected chi connectivity index (χ2v) is 6.81. The van der Waals surface area contributed by atoms with Crippen LogP contribution < -0.4 is 0 Å².